The molecule has 1 amide bonds. The molecule has 2 aromatic rings. The second kappa shape index (κ2) is 7.59. The van der Waals surface area contributed by atoms with Crippen LogP contribution >= 0.6 is 0 Å². The van der Waals surface area contributed by atoms with Crippen molar-refractivity contribution < 1.29 is 28.6 Å². The summed E-state index contributed by atoms with van der Waals surface area (Å²) in [6.45, 7) is 7.58. The minimum Gasteiger partial charge on any atom is -0.487 e. The van der Waals surface area contributed by atoms with Crippen molar-refractivity contribution in [1.29, 1.82) is 0 Å². The Morgan fingerprint density at radius 3 is 2.74 bits per heavy atom. The van der Waals surface area contributed by atoms with Crippen LogP contribution in [0, 0.1) is 13.8 Å². The molecular formula is C23H27NO7. The molecule has 4 rings (SSSR count). The van der Waals surface area contributed by atoms with Crippen LogP contribution < -0.4 is 15.1 Å². The Hall–Kier alpha value is -3.03. The van der Waals surface area contributed by atoms with Crippen LogP contribution in [0.3, 0.4) is 0 Å². The molecular weight excluding hydrogens is 402 g/mol. The number of hydrogen-bond donors (Lipinski definition) is 1. The second-order valence-electron chi connectivity index (χ2n) is 8.93. The maximum absolute atomic E-state index is 12.7. The summed E-state index contributed by atoms with van der Waals surface area (Å²) in [5.74, 6) is -0.435. The number of carbonyl (C=O) groups is 2. The van der Waals surface area contributed by atoms with Crippen LogP contribution in [-0.2, 0) is 16.0 Å². The summed E-state index contributed by atoms with van der Waals surface area (Å²) in [5, 5.41) is 9.98. The standard InChI is InChI=1S/C23H27NO7/c1-12-13(2)22(28)30-20-14-7-8-23(3,4)31-16(14)10-17(19(12)20)29-11-18(25)24-9-5-6-15(24)21(26)27/h10,15H,5-9,11H2,1-4H3,(H,26,27). The van der Waals surface area contributed by atoms with Crippen LogP contribution in [0.4, 0.5) is 0 Å². The van der Waals surface area contributed by atoms with Crippen LogP contribution in [0.2, 0.25) is 0 Å². The topological polar surface area (TPSA) is 106 Å². The Labute approximate surface area is 179 Å². The zero-order valence-electron chi connectivity index (χ0n) is 18.2. The number of fused-ring (bicyclic) bond motifs is 3. The summed E-state index contributed by atoms with van der Waals surface area (Å²) in [7, 11) is 0. The molecule has 166 valence electrons. The number of aliphatic carboxylic acids is 1. The average molecular weight is 429 g/mol. The van der Waals surface area contributed by atoms with Gasteiger partial charge in [0, 0.05) is 23.7 Å². The van der Waals surface area contributed by atoms with E-state index < -0.39 is 17.6 Å². The Kier molecular flexibility index (Phi) is 5.19. The molecule has 0 radical (unpaired) electrons. The number of carboxylic acids is 1. The van der Waals surface area contributed by atoms with Gasteiger partial charge in [0.2, 0.25) is 0 Å². The van der Waals surface area contributed by atoms with Gasteiger partial charge in [-0.2, -0.15) is 0 Å². The van der Waals surface area contributed by atoms with Crippen molar-refractivity contribution in [1.82, 2.24) is 4.90 Å². The zero-order chi connectivity index (χ0) is 22.5. The monoisotopic (exact) mass is 429 g/mol. The Morgan fingerprint density at radius 2 is 2.03 bits per heavy atom. The molecule has 8 nitrogen and oxygen atoms in total. The van der Waals surface area contributed by atoms with Gasteiger partial charge in [-0.3, -0.25) is 4.79 Å². The molecule has 2 aliphatic heterocycles. The van der Waals surface area contributed by atoms with Gasteiger partial charge >= 0.3 is 11.6 Å². The predicted octanol–water partition coefficient (Wildman–Crippen LogP) is 2.97. The minimum atomic E-state index is -1.01. The third-order valence-electron chi connectivity index (χ3n) is 6.32. The SMILES string of the molecule is Cc1c(C)c2c(OCC(=O)N3CCCC3C(=O)O)cc3c(c2oc1=O)CCC(C)(C)O3. The lowest BCUT2D eigenvalue weighted by Gasteiger charge is -2.33. The molecule has 2 aliphatic rings. The van der Waals surface area contributed by atoms with Crippen molar-refractivity contribution in [3.05, 3.63) is 33.2 Å². The van der Waals surface area contributed by atoms with Crippen LogP contribution in [0.25, 0.3) is 11.0 Å². The van der Waals surface area contributed by atoms with E-state index in [0.717, 1.165) is 17.5 Å². The van der Waals surface area contributed by atoms with Gasteiger partial charge in [-0.25, -0.2) is 9.59 Å². The third kappa shape index (κ3) is 3.75. The lowest BCUT2D eigenvalue weighted by Crippen LogP contribution is -2.42. The molecule has 1 N–H and O–H groups in total. The molecule has 0 bridgehead atoms. The summed E-state index contributed by atoms with van der Waals surface area (Å²) in [4.78, 5) is 37.8. The van der Waals surface area contributed by atoms with Crippen molar-refractivity contribution in [2.24, 2.45) is 0 Å². The van der Waals surface area contributed by atoms with Crippen molar-refractivity contribution in [3.8, 4) is 11.5 Å². The Morgan fingerprint density at radius 1 is 1.29 bits per heavy atom. The summed E-state index contributed by atoms with van der Waals surface area (Å²) in [6.07, 6.45) is 2.56. The quantitative estimate of drug-likeness (QED) is 0.745. The molecule has 1 aromatic heterocycles. The van der Waals surface area contributed by atoms with Gasteiger partial charge in [-0.1, -0.05) is 0 Å². The average Bonchev–Trinajstić information content (AvgIpc) is 3.19. The second-order valence-corrected chi connectivity index (χ2v) is 8.93. The van der Waals surface area contributed by atoms with Crippen molar-refractivity contribution in [3.63, 3.8) is 0 Å². The minimum absolute atomic E-state index is 0.307. The number of carboxylic acid groups (broad SMARTS) is 1. The maximum Gasteiger partial charge on any atom is 0.339 e. The van der Waals surface area contributed by atoms with Crippen LogP contribution in [0.5, 0.6) is 11.5 Å². The number of rotatable bonds is 4. The van der Waals surface area contributed by atoms with Gasteiger partial charge in [0.1, 0.15) is 28.7 Å². The van der Waals surface area contributed by atoms with Gasteiger partial charge in [0.25, 0.3) is 5.91 Å². The third-order valence-corrected chi connectivity index (χ3v) is 6.32. The van der Waals surface area contributed by atoms with Crippen LogP contribution in [-0.4, -0.2) is 46.7 Å². The fourth-order valence-electron chi connectivity index (χ4n) is 4.39. The normalized spacial score (nSPS) is 19.7. The molecule has 1 aromatic carbocycles. The van der Waals surface area contributed by atoms with Gasteiger partial charge in [-0.15, -0.1) is 0 Å². The Balaban J connectivity index is 1.73. The van der Waals surface area contributed by atoms with E-state index in [-0.39, 0.29) is 18.1 Å². The number of amides is 1. The highest BCUT2D eigenvalue weighted by Crippen LogP contribution is 2.43. The number of nitrogens with zero attached hydrogens (tertiary/aromatic N) is 1. The molecule has 0 spiro atoms. The van der Waals surface area contributed by atoms with Gasteiger partial charge in [0.15, 0.2) is 6.61 Å². The first kappa shape index (κ1) is 21.2. The van der Waals surface area contributed by atoms with Crippen LogP contribution in [0.15, 0.2) is 15.3 Å². The molecule has 1 saturated heterocycles. The number of carbonyl (C=O) groups excluding carboxylic acids is 1. The molecule has 3 heterocycles. The van der Waals surface area contributed by atoms with E-state index in [9.17, 15) is 19.5 Å². The zero-order valence-corrected chi connectivity index (χ0v) is 18.2. The molecule has 8 heteroatoms. The highest BCUT2D eigenvalue weighted by Gasteiger charge is 2.35. The first-order valence-corrected chi connectivity index (χ1v) is 10.5. The molecule has 0 saturated carbocycles. The molecule has 1 unspecified atom stereocenters. The highest BCUT2D eigenvalue weighted by atomic mass is 16.5. The van der Waals surface area contributed by atoms with Gasteiger partial charge in [-0.05, 0) is 58.9 Å². The lowest BCUT2D eigenvalue weighted by molar-refractivity contribution is -0.148. The summed E-state index contributed by atoms with van der Waals surface area (Å²) in [5.41, 5.74) is 1.66. The molecule has 1 fully saturated rings. The largest absolute Gasteiger partial charge is 0.487 e. The number of hydrogen-bond acceptors (Lipinski definition) is 6. The predicted molar refractivity (Wildman–Crippen MR) is 113 cm³/mol. The van der Waals surface area contributed by atoms with Crippen molar-refractivity contribution in [2.45, 2.75) is 65.0 Å². The fraction of sp³-hybridized carbons (Fsp3) is 0.522. The van der Waals surface area contributed by atoms with E-state index in [1.165, 1.54) is 4.90 Å². The van der Waals surface area contributed by atoms with Gasteiger partial charge in [0.05, 0.1) is 5.39 Å². The van der Waals surface area contributed by atoms with E-state index in [0.29, 0.717) is 53.8 Å². The summed E-state index contributed by atoms with van der Waals surface area (Å²) in [6, 6.07) is 0.930. The van der Waals surface area contributed by atoms with Crippen molar-refractivity contribution >= 4 is 22.8 Å². The van der Waals surface area contributed by atoms with E-state index in [4.69, 9.17) is 13.9 Å². The van der Waals surface area contributed by atoms with Crippen LogP contribution in [0.1, 0.15) is 49.8 Å². The summed E-state index contributed by atoms with van der Waals surface area (Å²) < 4.78 is 17.7. The molecule has 1 atom stereocenters. The summed E-state index contributed by atoms with van der Waals surface area (Å²) >= 11 is 0. The number of benzene rings is 1. The number of likely N-dealkylation sites (tertiary alicyclic amines) is 1. The smallest absolute Gasteiger partial charge is 0.339 e. The lowest BCUT2D eigenvalue weighted by atomic mass is 9.92. The number of ether oxygens (including phenoxy) is 2. The Bertz CT molecular complexity index is 1130. The maximum atomic E-state index is 12.7. The van der Waals surface area contributed by atoms with Crippen molar-refractivity contribution in [2.75, 3.05) is 13.2 Å². The highest BCUT2D eigenvalue weighted by molar-refractivity contribution is 5.92. The van der Waals surface area contributed by atoms with E-state index in [2.05, 4.69) is 0 Å². The molecule has 0 aliphatic carbocycles. The first-order chi connectivity index (χ1) is 14.6. The van der Waals surface area contributed by atoms with E-state index in [1.807, 2.05) is 20.8 Å². The first-order valence-electron chi connectivity index (χ1n) is 10.5. The molecule has 31 heavy (non-hydrogen) atoms. The fourth-order valence-corrected chi connectivity index (χ4v) is 4.39. The van der Waals surface area contributed by atoms with Gasteiger partial charge < -0.3 is 23.9 Å². The van der Waals surface area contributed by atoms with E-state index >= 15 is 0 Å². The van der Waals surface area contributed by atoms with E-state index in [1.54, 1.807) is 13.0 Å². The number of aryl methyl sites for hydroxylation is 2.